The predicted octanol–water partition coefficient (Wildman–Crippen LogP) is 3.13. The van der Waals surface area contributed by atoms with Gasteiger partial charge in [0.15, 0.2) is 11.5 Å². The Morgan fingerprint density at radius 2 is 1.96 bits per heavy atom. The molecule has 0 aliphatic heterocycles. The van der Waals surface area contributed by atoms with E-state index < -0.39 is 5.97 Å². The molecule has 0 spiro atoms. The van der Waals surface area contributed by atoms with Gasteiger partial charge in [0.25, 0.3) is 0 Å². The zero-order valence-electron chi connectivity index (χ0n) is 15.6. The summed E-state index contributed by atoms with van der Waals surface area (Å²) in [6, 6.07) is 11.5. The lowest BCUT2D eigenvalue weighted by atomic mass is 10.2. The Kier molecular flexibility index (Phi) is 6.49. The van der Waals surface area contributed by atoms with Gasteiger partial charge in [0, 0.05) is 11.9 Å². The van der Waals surface area contributed by atoms with Gasteiger partial charge in [-0.2, -0.15) is 11.8 Å². The van der Waals surface area contributed by atoms with Gasteiger partial charge in [-0.15, -0.1) is 10.2 Å². The van der Waals surface area contributed by atoms with Crippen LogP contribution < -0.4 is 10.6 Å². The monoisotopic (exact) mass is 399 g/mol. The maximum atomic E-state index is 12.5. The van der Waals surface area contributed by atoms with Crippen molar-refractivity contribution in [3.05, 3.63) is 60.0 Å². The van der Waals surface area contributed by atoms with Crippen molar-refractivity contribution in [3.63, 3.8) is 0 Å². The number of fused-ring (bicyclic) bond motifs is 1. The van der Waals surface area contributed by atoms with Gasteiger partial charge in [-0.1, -0.05) is 6.07 Å². The molecular formula is C19H21N5O3S. The summed E-state index contributed by atoms with van der Waals surface area (Å²) in [5.74, 6) is 1.12. The highest BCUT2D eigenvalue weighted by Crippen LogP contribution is 2.19. The van der Waals surface area contributed by atoms with E-state index in [1.165, 1.54) is 7.11 Å². The molecule has 28 heavy (non-hydrogen) atoms. The first-order valence-electron chi connectivity index (χ1n) is 8.67. The van der Waals surface area contributed by atoms with Crippen LogP contribution in [0.5, 0.6) is 0 Å². The third-order valence-electron chi connectivity index (χ3n) is 4.13. The fourth-order valence-electron chi connectivity index (χ4n) is 2.73. The van der Waals surface area contributed by atoms with Crippen LogP contribution in [0.25, 0.3) is 5.65 Å². The van der Waals surface area contributed by atoms with Crippen LogP contribution in [0, 0.1) is 0 Å². The molecule has 2 N–H and O–H groups in total. The van der Waals surface area contributed by atoms with Gasteiger partial charge >= 0.3 is 12.0 Å². The number of hydrogen-bond donors (Lipinski definition) is 2. The largest absolute Gasteiger partial charge is 0.465 e. The number of hydrogen-bond acceptors (Lipinski definition) is 6. The molecule has 3 rings (SSSR count). The van der Waals surface area contributed by atoms with Crippen LogP contribution in [0.3, 0.4) is 0 Å². The van der Waals surface area contributed by atoms with E-state index in [1.807, 2.05) is 35.1 Å². The Labute approximate surface area is 166 Å². The van der Waals surface area contributed by atoms with Gasteiger partial charge in [0.2, 0.25) is 0 Å². The van der Waals surface area contributed by atoms with Crippen molar-refractivity contribution in [3.8, 4) is 0 Å². The first-order chi connectivity index (χ1) is 13.6. The summed E-state index contributed by atoms with van der Waals surface area (Å²) in [7, 11) is 1.32. The maximum absolute atomic E-state index is 12.5. The summed E-state index contributed by atoms with van der Waals surface area (Å²) in [5.41, 5.74) is 1.72. The zero-order valence-corrected chi connectivity index (χ0v) is 16.4. The Morgan fingerprint density at radius 1 is 1.18 bits per heavy atom. The van der Waals surface area contributed by atoms with Gasteiger partial charge in [0.1, 0.15) is 0 Å². The normalized spacial score (nSPS) is 11.8. The summed E-state index contributed by atoms with van der Waals surface area (Å²) < 4.78 is 6.54. The molecule has 1 unspecified atom stereocenters. The molecule has 0 fully saturated rings. The standard InChI is InChI=1S/C19H21N5O3S/c1-27-18(25)13-6-8-14(9-7-13)20-19(26)21-15(10-12-28-2)17-23-22-16-5-3-4-11-24(16)17/h3-9,11,15H,10,12H2,1-2H3,(H2,20,21,26). The fraction of sp³-hybridized carbons (Fsp3) is 0.263. The summed E-state index contributed by atoms with van der Waals surface area (Å²) in [6.07, 6.45) is 4.61. The van der Waals surface area contributed by atoms with Crippen LogP contribution in [0.15, 0.2) is 48.7 Å². The molecule has 0 aliphatic rings. The number of pyridine rings is 1. The van der Waals surface area contributed by atoms with Crippen LogP contribution in [-0.2, 0) is 4.74 Å². The quantitative estimate of drug-likeness (QED) is 0.593. The number of thioether (sulfide) groups is 1. The number of amides is 2. The molecule has 8 nitrogen and oxygen atoms in total. The van der Waals surface area contributed by atoms with Gasteiger partial charge in [-0.25, -0.2) is 9.59 Å². The predicted molar refractivity (Wildman–Crippen MR) is 109 cm³/mol. The number of carbonyl (C=O) groups excluding carboxylic acids is 2. The van der Waals surface area contributed by atoms with Crippen molar-refractivity contribution >= 4 is 35.1 Å². The van der Waals surface area contributed by atoms with Crippen LogP contribution >= 0.6 is 11.8 Å². The Hall–Kier alpha value is -3.07. The molecule has 2 aromatic heterocycles. The molecule has 1 atom stereocenters. The summed E-state index contributed by atoms with van der Waals surface area (Å²) in [6.45, 7) is 0. The van der Waals surface area contributed by atoms with E-state index in [4.69, 9.17) is 0 Å². The van der Waals surface area contributed by atoms with E-state index in [1.54, 1.807) is 36.0 Å². The van der Waals surface area contributed by atoms with Gasteiger partial charge in [-0.05, 0) is 54.8 Å². The second-order valence-electron chi connectivity index (χ2n) is 5.99. The van der Waals surface area contributed by atoms with Crippen LogP contribution in [0.4, 0.5) is 10.5 Å². The van der Waals surface area contributed by atoms with Gasteiger partial charge in [-0.3, -0.25) is 4.40 Å². The summed E-state index contributed by atoms with van der Waals surface area (Å²) >= 11 is 1.70. The minimum atomic E-state index is -0.424. The fourth-order valence-corrected chi connectivity index (χ4v) is 3.20. The van der Waals surface area contributed by atoms with E-state index >= 15 is 0 Å². The summed E-state index contributed by atoms with van der Waals surface area (Å²) in [5, 5.41) is 14.2. The summed E-state index contributed by atoms with van der Waals surface area (Å²) in [4.78, 5) is 24.0. The Morgan fingerprint density at radius 3 is 2.68 bits per heavy atom. The number of rotatable bonds is 7. The number of nitrogens with one attached hydrogen (secondary N) is 2. The number of carbonyl (C=O) groups is 2. The van der Waals surface area contributed by atoms with E-state index in [2.05, 4.69) is 25.6 Å². The highest BCUT2D eigenvalue weighted by atomic mass is 32.2. The number of methoxy groups -OCH3 is 1. The lowest BCUT2D eigenvalue weighted by Gasteiger charge is -2.17. The second kappa shape index (κ2) is 9.23. The molecule has 2 amide bonds. The first-order valence-corrected chi connectivity index (χ1v) is 10.1. The Balaban J connectivity index is 1.72. The highest BCUT2D eigenvalue weighted by molar-refractivity contribution is 7.98. The average Bonchev–Trinajstić information content (AvgIpc) is 3.15. The molecule has 0 saturated heterocycles. The maximum Gasteiger partial charge on any atom is 0.337 e. The smallest absolute Gasteiger partial charge is 0.337 e. The second-order valence-corrected chi connectivity index (χ2v) is 6.97. The third kappa shape index (κ3) is 4.61. The molecule has 2 heterocycles. The zero-order chi connectivity index (χ0) is 19.9. The third-order valence-corrected chi connectivity index (χ3v) is 4.78. The molecule has 1 aromatic carbocycles. The van der Waals surface area contributed by atoms with Crippen molar-refractivity contribution < 1.29 is 14.3 Å². The minimum Gasteiger partial charge on any atom is -0.465 e. The Bertz CT molecular complexity index is 958. The van der Waals surface area contributed by atoms with Crippen LogP contribution in [0.2, 0.25) is 0 Å². The van der Waals surface area contributed by atoms with E-state index in [0.717, 1.165) is 11.4 Å². The number of nitrogens with zero attached hydrogens (tertiary/aromatic N) is 3. The number of esters is 1. The van der Waals surface area contributed by atoms with Gasteiger partial charge in [0.05, 0.1) is 18.7 Å². The van der Waals surface area contributed by atoms with Crippen molar-refractivity contribution in [2.75, 3.05) is 24.4 Å². The SMILES string of the molecule is COC(=O)c1ccc(NC(=O)NC(CCSC)c2nnc3ccccn23)cc1. The van der Waals surface area contributed by atoms with E-state index in [9.17, 15) is 9.59 Å². The van der Waals surface area contributed by atoms with Crippen molar-refractivity contribution in [2.24, 2.45) is 0 Å². The number of urea groups is 1. The molecule has 0 bridgehead atoms. The van der Waals surface area contributed by atoms with Crippen molar-refractivity contribution in [1.82, 2.24) is 19.9 Å². The van der Waals surface area contributed by atoms with E-state index in [-0.39, 0.29) is 12.1 Å². The highest BCUT2D eigenvalue weighted by Gasteiger charge is 2.20. The lowest BCUT2D eigenvalue weighted by molar-refractivity contribution is 0.0600. The molecule has 9 heteroatoms. The van der Waals surface area contributed by atoms with E-state index in [0.29, 0.717) is 23.5 Å². The number of aromatic nitrogens is 3. The topological polar surface area (TPSA) is 97.6 Å². The number of benzene rings is 1. The van der Waals surface area contributed by atoms with Crippen LogP contribution in [0.1, 0.15) is 28.6 Å². The first kappa shape index (κ1) is 19.7. The average molecular weight is 399 g/mol. The van der Waals surface area contributed by atoms with Crippen molar-refractivity contribution in [1.29, 1.82) is 0 Å². The van der Waals surface area contributed by atoms with Gasteiger partial charge < -0.3 is 15.4 Å². The van der Waals surface area contributed by atoms with Crippen LogP contribution in [-0.4, -0.2) is 45.7 Å². The van der Waals surface area contributed by atoms with Crippen molar-refractivity contribution in [2.45, 2.75) is 12.5 Å². The lowest BCUT2D eigenvalue weighted by Crippen LogP contribution is -2.34. The number of ether oxygens (including phenoxy) is 1. The molecular weight excluding hydrogens is 378 g/mol. The molecule has 0 saturated carbocycles. The molecule has 0 aliphatic carbocycles. The molecule has 146 valence electrons. The molecule has 3 aromatic rings. The minimum absolute atomic E-state index is 0.292. The molecule has 0 radical (unpaired) electrons. The number of anilines is 1.